The molecule has 7 heteroatoms. The average molecular weight is 328 g/mol. The molecule has 3 rings (SSSR count). The first-order chi connectivity index (χ1) is 11.7. The molecule has 0 atom stereocenters. The van der Waals surface area contributed by atoms with Crippen molar-refractivity contribution in [1.82, 2.24) is 10.6 Å². The SMILES string of the molecule is CCNC(=O)/C(=C\c1ccc2c(c1)OCO2)NC(=O)c1ccco1. The Morgan fingerprint density at radius 1 is 1.21 bits per heavy atom. The molecule has 2 amide bonds. The summed E-state index contributed by atoms with van der Waals surface area (Å²) in [6, 6.07) is 8.37. The van der Waals surface area contributed by atoms with E-state index in [2.05, 4.69) is 10.6 Å². The molecule has 2 aromatic rings. The zero-order valence-electron chi connectivity index (χ0n) is 13.0. The Bertz CT molecular complexity index is 780. The zero-order valence-corrected chi connectivity index (χ0v) is 13.0. The molecule has 0 unspecified atom stereocenters. The molecule has 124 valence electrons. The first-order valence-corrected chi connectivity index (χ1v) is 7.42. The van der Waals surface area contributed by atoms with Crippen LogP contribution < -0.4 is 20.1 Å². The van der Waals surface area contributed by atoms with E-state index in [9.17, 15) is 9.59 Å². The molecule has 1 aliphatic rings. The van der Waals surface area contributed by atoms with Crippen molar-refractivity contribution in [3.05, 3.63) is 53.6 Å². The number of hydrogen-bond donors (Lipinski definition) is 2. The van der Waals surface area contributed by atoms with Gasteiger partial charge in [-0.1, -0.05) is 6.07 Å². The Morgan fingerprint density at radius 3 is 2.79 bits per heavy atom. The molecule has 1 aromatic carbocycles. The molecule has 2 N–H and O–H groups in total. The van der Waals surface area contributed by atoms with Gasteiger partial charge in [-0.2, -0.15) is 0 Å². The van der Waals surface area contributed by atoms with Gasteiger partial charge in [0.15, 0.2) is 17.3 Å². The van der Waals surface area contributed by atoms with Gasteiger partial charge in [0.2, 0.25) is 6.79 Å². The maximum atomic E-state index is 12.2. The lowest BCUT2D eigenvalue weighted by Gasteiger charge is -2.09. The van der Waals surface area contributed by atoms with Gasteiger partial charge in [0, 0.05) is 6.54 Å². The minimum absolute atomic E-state index is 0.108. The molecular weight excluding hydrogens is 312 g/mol. The lowest BCUT2D eigenvalue weighted by Crippen LogP contribution is -2.34. The van der Waals surface area contributed by atoms with Crippen molar-refractivity contribution in [3.8, 4) is 11.5 Å². The van der Waals surface area contributed by atoms with Crippen molar-refractivity contribution < 1.29 is 23.5 Å². The summed E-state index contributed by atoms with van der Waals surface area (Å²) in [6.07, 6.45) is 2.95. The second kappa shape index (κ2) is 6.91. The lowest BCUT2D eigenvalue weighted by atomic mass is 10.1. The maximum Gasteiger partial charge on any atom is 0.291 e. The molecule has 2 heterocycles. The molecule has 24 heavy (non-hydrogen) atoms. The predicted molar refractivity (Wildman–Crippen MR) is 85.4 cm³/mol. The fraction of sp³-hybridized carbons (Fsp3) is 0.176. The van der Waals surface area contributed by atoms with Crippen LogP contribution in [0.3, 0.4) is 0 Å². The van der Waals surface area contributed by atoms with Crippen molar-refractivity contribution in [3.63, 3.8) is 0 Å². The number of likely N-dealkylation sites (N-methyl/N-ethyl adjacent to an activating group) is 1. The Kier molecular flexibility index (Phi) is 4.51. The number of rotatable bonds is 5. The summed E-state index contributed by atoms with van der Waals surface area (Å²) in [4.78, 5) is 24.3. The highest BCUT2D eigenvalue weighted by Crippen LogP contribution is 2.33. The highest BCUT2D eigenvalue weighted by Gasteiger charge is 2.17. The third kappa shape index (κ3) is 3.40. The van der Waals surface area contributed by atoms with Gasteiger partial charge in [0.1, 0.15) is 5.70 Å². The molecule has 0 bridgehead atoms. The summed E-state index contributed by atoms with van der Waals surface area (Å²) < 4.78 is 15.6. The summed E-state index contributed by atoms with van der Waals surface area (Å²) in [5.74, 6) is 0.465. The summed E-state index contributed by atoms with van der Waals surface area (Å²) in [5.41, 5.74) is 0.803. The normalized spacial score (nSPS) is 12.8. The van der Waals surface area contributed by atoms with E-state index in [1.54, 1.807) is 37.3 Å². The molecule has 1 aromatic heterocycles. The summed E-state index contributed by atoms with van der Waals surface area (Å²) in [5, 5.41) is 5.22. The Balaban J connectivity index is 1.86. The molecule has 0 aliphatic carbocycles. The van der Waals surface area contributed by atoms with Crippen molar-refractivity contribution in [2.24, 2.45) is 0 Å². The number of carbonyl (C=O) groups is 2. The topological polar surface area (TPSA) is 89.8 Å². The van der Waals surface area contributed by atoms with Gasteiger partial charge in [0.25, 0.3) is 11.8 Å². The number of amides is 2. The van der Waals surface area contributed by atoms with E-state index in [0.717, 1.165) is 0 Å². The van der Waals surface area contributed by atoms with Crippen LogP contribution in [0.2, 0.25) is 0 Å². The summed E-state index contributed by atoms with van der Waals surface area (Å²) in [6.45, 7) is 2.40. The Hall–Kier alpha value is -3.22. The lowest BCUT2D eigenvalue weighted by molar-refractivity contribution is -0.117. The predicted octanol–water partition coefficient (Wildman–Crippen LogP) is 1.92. The van der Waals surface area contributed by atoms with E-state index in [0.29, 0.717) is 23.6 Å². The van der Waals surface area contributed by atoms with Crippen LogP contribution in [0.15, 0.2) is 46.7 Å². The molecule has 1 aliphatic heterocycles. The third-order valence-electron chi connectivity index (χ3n) is 3.28. The summed E-state index contributed by atoms with van der Waals surface area (Å²) >= 11 is 0. The number of benzene rings is 1. The Morgan fingerprint density at radius 2 is 2.04 bits per heavy atom. The first kappa shape index (κ1) is 15.7. The van der Waals surface area contributed by atoms with Crippen LogP contribution in [0.25, 0.3) is 6.08 Å². The third-order valence-corrected chi connectivity index (χ3v) is 3.28. The van der Waals surface area contributed by atoms with E-state index < -0.39 is 11.8 Å². The maximum absolute atomic E-state index is 12.2. The van der Waals surface area contributed by atoms with Crippen molar-refractivity contribution in [1.29, 1.82) is 0 Å². The van der Waals surface area contributed by atoms with Gasteiger partial charge in [-0.05, 0) is 42.8 Å². The van der Waals surface area contributed by atoms with Crippen LogP contribution in [0.5, 0.6) is 11.5 Å². The molecule has 0 saturated heterocycles. The van der Waals surface area contributed by atoms with E-state index in [-0.39, 0.29) is 18.3 Å². The van der Waals surface area contributed by atoms with Crippen LogP contribution in [0.4, 0.5) is 0 Å². The molecule has 0 fully saturated rings. The van der Waals surface area contributed by atoms with Gasteiger partial charge in [-0.15, -0.1) is 0 Å². The van der Waals surface area contributed by atoms with Gasteiger partial charge >= 0.3 is 0 Å². The highest BCUT2D eigenvalue weighted by atomic mass is 16.7. The average Bonchev–Trinajstić information content (AvgIpc) is 3.25. The first-order valence-electron chi connectivity index (χ1n) is 7.42. The van der Waals surface area contributed by atoms with E-state index in [1.807, 2.05) is 0 Å². The molecular formula is C17H16N2O5. The molecule has 7 nitrogen and oxygen atoms in total. The molecule has 0 saturated carbocycles. The fourth-order valence-electron chi connectivity index (χ4n) is 2.18. The van der Waals surface area contributed by atoms with Crippen molar-refractivity contribution >= 4 is 17.9 Å². The summed E-state index contributed by atoms with van der Waals surface area (Å²) in [7, 11) is 0. The van der Waals surface area contributed by atoms with Crippen molar-refractivity contribution in [2.45, 2.75) is 6.92 Å². The van der Waals surface area contributed by atoms with Crippen LogP contribution in [-0.2, 0) is 4.79 Å². The number of furan rings is 1. The highest BCUT2D eigenvalue weighted by molar-refractivity contribution is 6.04. The van der Waals surface area contributed by atoms with Crippen LogP contribution in [0, 0.1) is 0 Å². The van der Waals surface area contributed by atoms with Gasteiger partial charge in [-0.25, -0.2) is 0 Å². The van der Waals surface area contributed by atoms with E-state index >= 15 is 0 Å². The smallest absolute Gasteiger partial charge is 0.291 e. The minimum atomic E-state index is -0.502. The number of hydrogen-bond acceptors (Lipinski definition) is 5. The van der Waals surface area contributed by atoms with E-state index in [1.165, 1.54) is 12.3 Å². The van der Waals surface area contributed by atoms with Gasteiger partial charge in [-0.3, -0.25) is 9.59 Å². The molecule has 0 radical (unpaired) electrons. The largest absolute Gasteiger partial charge is 0.459 e. The standard InChI is InChI=1S/C17H16N2O5/c1-2-18-16(20)12(19-17(21)14-4-3-7-22-14)8-11-5-6-13-15(9-11)24-10-23-13/h3-9H,2,10H2,1H3,(H,18,20)(H,19,21)/b12-8+. The minimum Gasteiger partial charge on any atom is -0.459 e. The fourth-order valence-corrected chi connectivity index (χ4v) is 2.18. The number of ether oxygens (including phenoxy) is 2. The Labute approximate surface area is 138 Å². The van der Waals surface area contributed by atoms with Crippen LogP contribution in [-0.4, -0.2) is 25.2 Å². The quantitative estimate of drug-likeness (QED) is 0.819. The van der Waals surface area contributed by atoms with Crippen molar-refractivity contribution in [2.75, 3.05) is 13.3 Å². The van der Waals surface area contributed by atoms with Gasteiger partial charge < -0.3 is 24.5 Å². The molecule has 0 spiro atoms. The van der Waals surface area contributed by atoms with Gasteiger partial charge in [0.05, 0.1) is 6.26 Å². The zero-order chi connectivity index (χ0) is 16.9. The number of fused-ring (bicyclic) bond motifs is 1. The second-order valence-electron chi connectivity index (χ2n) is 4.96. The van der Waals surface area contributed by atoms with E-state index in [4.69, 9.17) is 13.9 Å². The number of nitrogens with one attached hydrogen (secondary N) is 2. The number of carbonyl (C=O) groups excluding carboxylic acids is 2. The second-order valence-corrected chi connectivity index (χ2v) is 4.96. The van der Waals surface area contributed by atoms with Crippen LogP contribution in [0.1, 0.15) is 23.0 Å². The van der Waals surface area contributed by atoms with Crippen LogP contribution >= 0.6 is 0 Å². The monoisotopic (exact) mass is 328 g/mol.